The molecule has 190 valence electrons. The van der Waals surface area contributed by atoms with Gasteiger partial charge in [0.25, 0.3) is 0 Å². The average Bonchev–Trinajstić information content (AvgIpc) is 3.14. The minimum atomic E-state index is -3.65. The van der Waals surface area contributed by atoms with E-state index in [-0.39, 0.29) is 28.7 Å². The molecule has 1 aromatic carbocycles. The Morgan fingerprint density at radius 1 is 1.14 bits per heavy atom. The van der Waals surface area contributed by atoms with Crippen molar-refractivity contribution in [2.24, 2.45) is 5.73 Å². The Morgan fingerprint density at radius 2 is 1.77 bits per heavy atom. The third kappa shape index (κ3) is 6.19. The van der Waals surface area contributed by atoms with Gasteiger partial charge in [0.1, 0.15) is 4.90 Å². The standard InChI is InChI=1S/C19H20N4O5S.C2H6N2O.ClH/c1-22-6-8-23(9-7-22)29(27,28)13-3-5-16(20-11-13)17-14-10-12(19(25)26)2-4-15(14)21-18(17)24;1-4-2(3)5;/h2-5,10-11,21,24H,6-9H2,1H3,(H,25,26);1H3,(H3,3,4,5);1H. The smallest absolute Gasteiger partial charge is 0.335 e. The molecule has 0 radical (unpaired) electrons. The van der Waals surface area contributed by atoms with Crippen LogP contribution in [0.25, 0.3) is 22.2 Å². The van der Waals surface area contributed by atoms with E-state index in [0.717, 1.165) is 0 Å². The number of urea groups is 1. The van der Waals surface area contributed by atoms with Crippen LogP contribution in [0.4, 0.5) is 4.79 Å². The maximum absolute atomic E-state index is 12.8. The molecule has 2 amide bonds. The SMILES string of the molecule is CN1CCN(S(=O)(=O)c2ccc(-c3c(O)[nH]c4ccc(C(=O)O)cc34)nc2)CC1.CNC(N)=O.Cl. The van der Waals surface area contributed by atoms with Crippen LogP contribution < -0.4 is 11.1 Å². The number of sulfonamides is 1. The minimum absolute atomic E-state index is 0. The molecule has 12 nitrogen and oxygen atoms in total. The number of piperazine rings is 1. The molecule has 35 heavy (non-hydrogen) atoms. The molecule has 1 fully saturated rings. The summed E-state index contributed by atoms with van der Waals surface area (Å²) in [5.41, 5.74) is 5.84. The first-order valence-electron chi connectivity index (χ1n) is 10.2. The Hall–Kier alpha value is -3.39. The lowest BCUT2D eigenvalue weighted by Gasteiger charge is -2.31. The normalized spacial score (nSPS) is 14.5. The highest BCUT2D eigenvalue weighted by molar-refractivity contribution is 7.89. The second kappa shape index (κ2) is 11.4. The van der Waals surface area contributed by atoms with Gasteiger partial charge < -0.3 is 31.1 Å². The maximum Gasteiger partial charge on any atom is 0.335 e. The van der Waals surface area contributed by atoms with Crippen molar-refractivity contribution in [1.82, 2.24) is 24.5 Å². The Morgan fingerprint density at radius 3 is 2.29 bits per heavy atom. The number of hydrogen-bond donors (Lipinski definition) is 5. The third-order valence-corrected chi connectivity index (χ3v) is 7.25. The van der Waals surface area contributed by atoms with Gasteiger partial charge in [0.05, 0.1) is 16.8 Å². The van der Waals surface area contributed by atoms with Crippen molar-refractivity contribution >= 4 is 45.3 Å². The number of aromatic amines is 1. The zero-order valence-electron chi connectivity index (χ0n) is 19.1. The fraction of sp³-hybridized carbons (Fsp3) is 0.286. The predicted molar refractivity (Wildman–Crippen MR) is 132 cm³/mol. The Labute approximate surface area is 208 Å². The van der Waals surface area contributed by atoms with Crippen LogP contribution in [0.1, 0.15) is 10.4 Å². The van der Waals surface area contributed by atoms with Crippen LogP contribution >= 0.6 is 12.4 Å². The average molecular weight is 527 g/mol. The van der Waals surface area contributed by atoms with Gasteiger partial charge in [0, 0.05) is 50.3 Å². The number of nitrogens with two attached hydrogens (primary N) is 1. The molecule has 0 unspecified atom stereocenters. The highest BCUT2D eigenvalue weighted by Gasteiger charge is 2.28. The van der Waals surface area contributed by atoms with E-state index in [1.165, 1.54) is 41.8 Å². The van der Waals surface area contributed by atoms with Crippen LogP contribution in [-0.2, 0) is 10.0 Å². The van der Waals surface area contributed by atoms with Gasteiger partial charge in [0.2, 0.25) is 10.0 Å². The van der Waals surface area contributed by atoms with Crippen molar-refractivity contribution < 1.29 is 28.2 Å². The van der Waals surface area contributed by atoms with Crippen LogP contribution in [0.15, 0.2) is 41.4 Å². The van der Waals surface area contributed by atoms with E-state index in [2.05, 4.69) is 25.9 Å². The summed E-state index contributed by atoms with van der Waals surface area (Å²) in [7, 11) is -0.223. The summed E-state index contributed by atoms with van der Waals surface area (Å²) in [4.78, 5) is 29.9. The number of nitrogens with one attached hydrogen (secondary N) is 2. The number of nitrogens with zero attached hydrogens (tertiary/aromatic N) is 3. The second-order valence-electron chi connectivity index (χ2n) is 7.61. The molecule has 1 aliphatic heterocycles. The van der Waals surface area contributed by atoms with Crippen molar-refractivity contribution in [2.75, 3.05) is 40.3 Å². The Bertz CT molecular complexity index is 1300. The number of carboxylic acid groups (broad SMARTS) is 1. The van der Waals surface area contributed by atoms with Crippen molar-refractivity contribution in [3.63, 3.8) is 0 Å². The zero-order valence-corrected chi connectivity index (χ0v) is 20.7. The number of benzene rings is 1. The van der Waals surface area contributed by atoms with Gasteiger partial charge in [-0.05, 0) is 37.4 Å². The number of pyridine rings is 1. The molecule has 3 aromatic rings. The highest BCUT2D eigenvalue weighted by atomic mass is 35.5. The van der Waals surface area contributed by atoms with Gasteiger partial charge >= 0.3 is 12.0 Å². The number of likely N-dealkylation sites (N-methyl/N-ethyl adjacent to an activating group) is 1. The lowest BCUT2D eigenvalue weighted by Crippen LogP contribution is -2.47. The molecular formula is C21H27ClN6O6S. The number of rotatable bonds is 4. The molecular weight excluding hydrogens is 500 g/mol. The van der Waals surface area contributed by atoms with E-state index in [4.69, 9.17) is 0 Å². The van der Waals surface area contributed by atoms with Crippen LogP contribution in [0.2, 0.25) is 0 Å². The number of primary amides is 1. The van der Waals surface area contributed by atoms with Crippen molar-refractivity contribution in [2.45, 2.75) is 4.90 Å². The van der Waals surface area contributed by atoms with Crippen LogP contribution in [-0.4, -0.2) is 90.1 Å². The van der Waals surface area contributed by atoms with Gasteiger partial charge in [-0.15, -0.1) is 12.4 Å². The molecule has 0 saturated carbocycles. The van der Waals surface area contributed by atoms with E-state index >= 15 is 0 Å². The minimum Gasteiger partial charge on any atom is -0.494 e. The molecule has 1 saturated heterocycles. The molecule has 0 spiro atoms. The van der Waals surface area contributed by atoms with Crippen LogP contribution in [0.3, 0.4) is 0 Å². The quantitative estimate of drug-likeness (QED) is 0.336. The number of carbonyl (C=O) groups is 2. The van der Waals surface area contributed by atoms with Gasteiger partial charge in [-0.2, -0.15) is 4.31 Å². The number of carboxylic acids is 1. The summed E-state index contributed by atoms with van der Waals surface area (Å²) < 4.78 is 27.1. The van der Waals surface area contributed by atoms with Crippen LogP contribution in [0.5, 0.6) is 5.88 Å². The number of carbonyl (C=O) groups excluding carboxylic acids is 1. The Kier molecular flexibility index (Phi) is 9.04. The predicted octanol–water partition coefficient (Wildman–Crippen LogP) is 1.28. The number of fused-ring (bicyclic) bond motifs is 1. The van der Waals surface area contributed by atoms with Gasteiger partial charge in [-0.1, -0.05) is 0 Å². The number of H-pyrrole nitrogens is 1. The first-order chi connectivity index (χ1) is 16.0. The van der Waals surface area contributed by atoms with E-state index < -0.39 is 22.0 Å². The molecule has 3 heterocycles. The van der Waals surface area contributed by atoms with E-state index in [1.54, 1.807) is 6.07 Å². The summed E-state index contributed by atoms with van der Waals surface area (Å²) >= 11 is 0. The number of halogens is 1. The molecule has 0 aliphatic carbocycles. The monoisotopic (exact) mass is 526 g/mol. The lowest BCUT2D eigenvalue weighted by atomic mass is 10.1. The van der Waals surface area contributed by atoms with Gasteiger partial charge in [0.15, 0.2) is 5.88 Å². The fourth-order valence-electron chi connectivity index (χ4n) is 3.43. The van der Waals surface area contributed by atoms with Gasteiger partial charge in [-0.25, -0.2) is 18.0 Å². The van der Waals surface area contributed by atoms with Gasteiger partial charge in [-0.3, -0.25) is 4.98 Å². The van der Waals surface area contributed by atoms with Crippen LogP contribution in [0, 0.1) is 0 Å². The first-order valence-corrected chi connectivity index (χ1v) is 11.7. The fourth-order valence-corrected chi connectivity index (χ4v) is 4.80. The Balaban J connectivity index is 0.000000656. The van der Waals surface area contributed by atoms with E-state index in [1.807, 2.05) is 7.05 Å². The maximum atomic E-state index is 12.8. The molecule has 14 heteroatoms. The molecule has 2 aromatic heterocycles. The summed E-state index contributed by atoms with van der Waals surface area (Å²) in [6.07, 6.45) is 1.27. The molecule has 0 atom stereocenters. The topological polar surface area (TPSA) is 182 Å². The van der Waals surface area contributed by atoms with Crippen molar-refractivity contribution in [3.8, 4) is 17.1 Å². The number of aromatic carboxylic acids is 1. The summed E-state index contributed by atoms with van der Waals surface area (Å²) in [5, 5.41) is 22.2. The van der Waals surface area contributed by atoms with Crippen molar-refractivity contribution in [3.05, 3.63) is 42.1 Å². The van der Waals surface area contributed by atoms with E-state index in [9.17, 15) is 28.2 Å². The first kappa shape index (κ1) is 27.9. The zero-order chi connectivity index (χ0) is 25.0. The van der Waals surface area contributed by atoms with Crippen molar-refractivity contribution in [1.29, 1.82) is 0 Å². The highest BCUT2D eigenvalue weighted by Crippen LogP contribution is 2.36. The molecule has 6 N–H and O–H groups in total. The molecule has 0 bridgehead atoms. The number of hydrogen-bond acceptors (Lipinski definition) is 7. The lowest BCUT2D eigenvalue weighted by molar-refractivity contribution is 0.0697. The summed E-state index contributed by atoms with van der Waals surface area (Å²) in [6.45, 7) is 2.17. The molecule has 4 rings (SSSR count). The third-order valence-electron chi connectivity index (χ3n) is 5.36. The number of amides is 2. The summed E-state index contributed by atoms with van der Waals surface area (Å²) in [6, 6.07) is 6.91. The van der Waals surface area contributed by atoms with E-state index in [0.29, 0.717) is 48.3 Å². The largest absolute Gasteiger partial charge is 0.494 e. The number of aromatic hydroxyl groups is 1. The second-order valence-corrected chi connectivity index (χ2v) is 9.55. The summed E-state index contributed by atoms with van der Waals surface area (Å²) in [5.74, 6) is -1.25. The molecule has 1 aliphatic rings. The number of aromatic nitrogens is 2.